The van der Waals surface area contributed by atoms with Crippen LogP contribution >= 0.6 is 0 Å². The van der Waals surface area contributed by atoms with Crippen LogP contribution in [0.25, 0.3) is 0 Å². The van der Waals surface area contributed by atoms with Crippen LogP contribution in [-0.2, 0) is 0 Å². The Labute approximate surface area is 56.1 Å². The molecule has 3 nitrogen and oxygen atoms in total. The van der Waals surface area contributed by atoms with Crippen molar-refractivity contribution in [1.82, 2.24) is 0 Å². The zero-order valence-corrected chi connectivity index (χ0v) is 4.91. The molecule has 0 spiro atoms. The summed E-state index contributed by atoms with van der Waals surface area (Å²) < 4.78 is 12.2. The number of halogens is 1. The Morgan fingerprint density at radius 1 is 1.50 bits per heavy atom. The first-order valence-electron chi connectivity index (χ1n) is 2.56. The molecule has 0 bridgehead atoms. The summed E-state index contributed by atoms with van der Waals surface area (Å²) in [5.74, 6) is -1.32. The summed E-state index contributed by atoms with van der Waals surface area (Å²) in [6, 6.07) is 3.12. The van der Waals surface area contributed by atoms with Crippen LogP contribution in [0.15, 0.2) is 23.4 Å². The second-order valence-electron chi connectivity index (χ2n) is 1.73. The van der Waals surface area contributed by atoms with E-state index < -0.39 is 11.6 Å². The summed E-state index contributed by atoms with van der Waals surface area (Å²) in [5, 5.41) is 11.2. The van der Waals surface area contributed by atoms with Crippen molar-refractivity contribution in [3.8, 4) is 5.75 Å². The van der Waals surface area contributed by atoms with Crippen LogP contribution in [0.1, 0.15) is 0 Å². The molecule has 1 N–H and O–H groups in total. The quantitative estimate of drug-likeness (QED) is 0.607. The fourth-order valence-electron chi connectivity index (χ4n) is 0.558. The Balaban J connectivity index is 3.16. The van der Waals surface area contributed by atoms with Gasteiger partial charge in [0.15, 0.2) is 11.6 Å². The SMILES string of the molecule is O=Nc1ccc(F)c(O)c1. The number of rotatable bonds is 1. The lowest BCUT2D eigenvalue weighted by Crippen LogP contribution is -1.72. The van der Waals surface area contributed by atoms with Gasteiger partial charge in [-0.15, -0.1) is 4.91 Å². The van der Waals surface area contributed by atoms with Gasteiger partial charge in [0.2, 0.25) is 0 Å². The van der Waals surface area contributed by atoms with Crippen LogP contribution in [0, 0.1) is 10.7 Å². The summed E-state index contributed by atoms with van der Waals surface area (Å²) in [6.45, 7) is 0. The van der Waals surface area contributed by atoms with Gasteiger partial charge >= 0.3 is 0 Å². The van der Waals surface area contributed by atoms with Crippen molar-refractivity contribution in [2.75, 3.05) is 0 Å². The van der Waals surface area contributed by atoms with Crippen molar-refractivity contribution in [3.05, 3.63) is 28.9 Å². The number of nitroso groups, excluding NO2 is 1. The van der Waals surface area contributed by atoms with Gasteiger partial charge in [-0.3, -0.25) is 0 Å². The number of aromatic hydroxyl groups is 1. The van der Waals surface area contributed by atoms with Gasteiger partial charge in [-0.1, -0.05) is 0 Å². The van der Waals surface area contributed by atoms with Crippen LogP contribution in [-0.4, -0.2) is 5.11 Å². The first-order valence-corrected chi connectivity index (χ1v) is 2.56. The number of hydrogen-bond donors (Lipinski definition) is 1. The third-order valence-electron chi connectivity index (χ3n) is 1.04. The molecule has 0 atom stereocenters. The fraction of sp³-hybridized carbons (Fsp3) is 0. The smallest absolute Gasteiger partial charge is 0.164 e. The van der Waals surface area contributed by atoms with Gasteiger partial charge < -0.3 is 5.11 Å². The minimum absolute atomic E-state index is 0.0129. The molecule has 0 aromatic heterocycles. The van der Waals surface area contributed by atoms with E-state index in [-0.39, 0.29) is 5.69 Å². The minimum atomic E-state index is -0.757. The molecule has 52 valence electrons. The fourth-order valence-corrected chi connectivity index (χ4v) is 0.558. The molecule has 0 aliphatic carbocycles. The molecule has 10 heavy (non-hydrogen) atoms. The lowest BCUT2D eigenvalue weighted by atomic mass is 10.3. The van der Waals surface area contributed by atoms with Gasteiger partial charge in [-0.05, 0) is 17.3 Å². The van der Waals surface area contributed by atoms with E-state index >= 15 is 0 Å². The standard InChI is InChI=1S/C6H4FNO2/c7-5-2-1-4(8-10)3-6(5)9/h1-3,9H. The molecule has 0 unspecified atom stereocenters. The van der Waals surface area contributed by atoms with E-state index in [2.05, 4.69) is 5.18 Å². The number of nitrogens with zero attached hydrogens (tertiary/aromatic N) is 1. The van der Waals surface area contributed by atoms with E-state index in [1.807, 2.05) is 0 Å². The van der Waals surface area contributed by atoms with Crippen LogP contribution in [0.4, 0.5) is 10.1 Å². The maximum absolute atomic E-state index is 12.2. The van der Waals surface area contributed by atoms with Gasteiger partial charge in [0.1, 0.15) is 5.69 Å². The second kappa shape index (κ2) is 2.43. The van der Waals surface area contributed by atoms with Gasteiger partial charge in [-0.2, -0.15) is 0 Å². The van der Waals surface area contributed by atoms with Gasteiger partial charge in [0, 0.05) is 6.07 Å². The van der Waals surface area contributed by atoms with Crippen LogP contribution in [0.5, 0.6) is 5.75 Å². The Bertz CT molecular complexity index is 262. The number of phenolic OH excluding ortho intramolecular Hbond substituents is 1. The number of phenols is 1. The monoisotopic (exact) mass is 141 g/mol. The molecule has 0 aliphatic rings. The Kier molecular flexibility index (Phi) is 1.62. The molecule has 1 aromatic carbocycles. The molecular weight excluding hydrogens is 137 g/mol. The van der Waals surface area contributed by atoms with Gasteiger partial charge in [0.25, 0.3) is 0 Å². The van der Waals surface area contributed by atoms with E-state index in [1.54, 1.807) is 0 Å². The highest BCUT2D eigenvalue weighted by molar-refractivity contribution is 5.42. The molecule has 0 radical (unpaired) electrons. The third kappa shape index (κ3) is 1.10. The van der Waals surface area contributed by atoms with Crippen molar-refractivity contribution in [3.63, 3.8) is 0 Å². The van der Waals surface area contributed by atoms with Gasteiger partial charge in [0.05, 0.1) is 0 Å². The highest BCUT2D eigenvalue weighted by Crippen LogP contribution is 2.21. The zero-order valence-electron chi connectivity index (χ0n) is 4.91. The van der Waals surface area contributed by atoms with E-state index in [0.29, 0.717) is 0 Å². The lowest BCUT2D eigenvalue weighted by molar-refractivity contribution is 0.432. The molecule has 1 aromatic rings. The van der Waals surface area contributed by atoms with Crippen molar-refractivity contribution in [2.45, 2.75) is 0 Å². The molecule has 0 saturated heterocycles. The van der Waals surface area contributed by atoms with E-state index in [1.165, 1.54) is 6.07 Å². The average Bonchev–Trinajstić information content (AvgIpc) is 1.95. The zero-order chi connectivity index (χ0) is 7.56. The summed E-state index contributed by atoms with van der Waals surface area (Å²) in [7, 11) is 0. The first-order chi connectivity index (χ1) is 4.74. The molecule has 0 amide bonds. The largest absolute Gasteiger partial charge is 0.505 e. The molecule has 4 heteroatoms. The maximum Gasteiger partial charge on any atom is 0.164 e. The highest BCUT2D eigenvalue weighted by atomic mass is 19.1. The number of benzene rings is 1. The minimum Gasteiger partial charge on any atom is -0.505 e. The highest BCUT2D eigenvalue weighted by Gasteiger charge is 1.99. The van der Waals surface area contributed by atoms with Crippen molar-refractivity contribution in [1.29, 1.82) is 0 Å². The summed E-state index contributed by atoms with van der Waals surface area (Å²) >= 11 is 0. The van der Waals surface area contributed by atoms with Gasteiger partial charge in [-0.25, -0.2) is 4.39 Å². The summed E-state index contributed by atoms with van der Waals surface area (Å²) in [4.78, 5) is 9.79. The average molecular weight is 141 g/mol. The Morgan fingerprint density at radius 3 is 2.70 bits per heavy atom. The van der Waals surface area contributed by atoms with Crippen molar-refractivity contribution >= 4 is 5.69 Å². The molecule has 0 saturated carbocycles. The molecule has 0 heterocycles. The van der Waals surface area contributed by atoms with Crippen LogP contribution in [0.3, 0.4) is 0 Å². The lowest BCUT2D eigenvalue weighted by Gasteiger charge is -1.92. The van der Waals surface area contributed by atoms with Crippen LogP contribution in [0.2, 0.25) is 0 Å². The van der Waals surface area contributed by atoms with E-state index in [9.17, 15) is 9.30 Å². The Morgan fingerprint density at radius 2 is 2.20 bits per heavy atom. The predicted octanol–water partition coefficient (Wildman–Crippen LogP) is 1.93. The normalized spacial score (nSPS) is 9.30. The van der Waals surface area contributed by atoms with Crippen molar-refractivity contribution < 1.29 is 9.50 Å². The molecule has 0 fully saturated rings. The molecular formula is C6H4FNO2. The predicted molar refractivity (Wildman–Crippen MR) is 33.5 cm³/mol. The molecule has 0 aliphatic heterocycles. The third-order valence-corrected chi connectivity index (χ3v) is 1.04. The number of hydrogen-bond acceptors (Lipinski definition) is 3. The first kappa shape index (κ1) is 6.67. The second-order valence-corrected chi connectivity index (χ2v) is 1.73. The summed E-state index contributed by atoms with van der Waals surface area (Å²) in [5.41, 5.74) is 0.0129. The molecule has 1 rings (SSSR count). The van der Waals surface area contributed by atoms with E-state index in [4.69, 9.17) is 5.11 Å². The topological polar surface area (TPSA) is 49.7 Å². The summed E-state index contributed by atoms with van der Waals surface area (Å²) in [6.07, 6.45) is 0. The van der Waals surface area contributed by atoms with Crippen molar-refractivity contribution in [2.24, 2.45) is 5.18 Å². The van der Waals surface area contributed by atoms with E-state index in [0.717, 1.165) is 12.1 Å². The Hall–Kier alpha value is -1.45. The van der Waals surface area contributed by atoms with Crippen LogP contribution < -0.4 is 0 Å². The maximum atomic E-state index is 12.2.